The number of alkyl halides is 1. The molecule has 2 aromatic carbocycles. The first-order chi connectivity index (χ1) is 10.3. The van der Waals surface area contributed by atoms with Gasteiger partial charge in [-0.1, -0.05) is 68.3 Å². The van der Waals surface area contributed by atoms with Gasteiger partial charge in [-0.15, -0.1) is 11.8 Å². The predicted molar refractivity (Wildman–Crippen MR) is 99.7 cm³/mol. The van der Waals surface area contributed by atoms with Crippen molar-refractivity contribution in [2.45, 2.75) is 23.7 Å². The molecule has 0 amide bonds. The van der Waals surface area contributed by atoms with E-state index in [1.807, 2.05) is 11.8 Å². The van der Waals surface area contributed by atoms with Crippen LogP contribution in [0.3, 0.4) is 0 Å². The van der Waals surface area contributed by atoms with Crippen LogP contribution in [0.1, 0.15) is 23.5 Å². The summed E-state index contributed by atoms with van der Waals surface area (Å²) < 4.78 is 1.23. The Hall–Kier alpha value is -0.250. The van der Waals surface area contributed by atoms with Crippen molar-refractivity contribution in [3.63, 3.8) is 0 Å². The molecule has 3 heteroatoms. The Bertz CT molecular complexity index is 612. The van der Waals surface area contributed by atoms with Gasteiger partial charge in [0.15, 0.2) is 0 Å². The molecule has 0 bridgehead atoms. The zero-order chi connectivity index (χ0) is 14.7. The lowest BCUT2D eigenvalue weighted by Gasteiger charge is -2.19. The van der Waals surface area contributed by atoms with Crippen LogP contribution in [-0.2, 0) is 6.42 Å². The molecular weight excluding hydrogens is 408 g/mol. The van der Waals surface area contributed by atoms with Gasteiger partial charge in [0.25, 0.3) is 0 Å². The summed E-state index contributed by atoms with van der Waals surface area (Å²) in [5.74, 6) is 2.62. The van der Waals surface area contributed by atoms with Crippen LogP contribution in [0, 0.1) is 5.92 Å². The van der Waals surface area contributed by atoms with Crippen LogP contribution in [0.4, 0.5) is 0 Å². The van der Waals surface area contributed by atoms with E-state index >= 15 is 0 Å². The molecule has 2 atom stereocenters. The Balaban J connectivity index is 1.70. The number of halogens is 2. The molecule has 0 saturated heterocycles. The average Bonchev–Trinajstić information content (AvgIpc) is 2.92. The third kappa shape index (κ3) is 3.75. The number of fused-ring (bicyclic) bond motifs is 1. The summed E-state index contributed by atoms with van der Waals surface area (Å²) in [7, 11) is 0. The molecule has 2 unspecified atom stereocenters. The van der Waals surface area contributed by atoms with Crippen molar-refractivity contribution >= 4 is 43.6 Å². The van der Waals surface area contributed by atoms with Crippen molar-refractivity contribution in [1.29, 1.82) is 0 Å². The van der Waals surface area contributed by atoms with Crippen molar-refractivity contribution in [1.82, 2.24) is 0 Å². The highest BCUT2D eigenvalue weighted by Gasteiger charge is 2.25. The fourth-order valence-electron chi connectivity index (χ4n) is 3.00. The molecule has 21 heavy (non-hydrogen) atoms. The molecule has 0 aromatic heterocycles. The van der Waals surface area contributed by atoms with Crippen LogP contribution in [0.25, 0.3) is 0 Å². The zero-order valence-electron chi connectivity index (χ0n) is 11.8. The lowest BCUT2D eigenvalue weighted by atomic mass is 9.88. The Morgan fingerprint density at radius 3 is 2.67 bits per heavy atom. The van der Waals surface area contributed by atoms with Crippen LogP contribution in [0.2, 0.25) is 0 Å². The number of thioether (sulfide) groups is 1. The van der Waals surface area contributed by atoms with Crippen molar-refractivity contribution in [3.8, 4) is 0 Å². The molecule has 1 aliphatic rings. The molecule has 3 rings (SSSR count). The Morgan fingerprint density at radius 2 is 1.86 bits per heavy atom. The number of rotatable bonds is 5. The summed E-state index contributed by atoms with van der Waals surface area (Å²) in [5, 5.41) is 1.07. The summed E-state index contributed by atoms with van der Waals surface area (Å²) in [6.07, 6.45) is 2.40. The first kappa shape index (κ1) is 15.6. The van der Waals surface area contributed by atoms with Gasteiger partial charge in [-0.25, -0.2) is 0 Å². The van der Waals surface area contributed by atoms with Gasteiger partial charge < -0.3 is 0 Å². The van der Waals surface area contributed by atoms with E-state index in [1.54, 1.807) is 5.56 Å². The molecule has 1 heterocycles. The Morgan fingerprint density at radius 1 is 1.10 bits per heavy atom. The highest BCUT2D eigenvalue weighted by Crippen LogP contribution is 2.43. The molecular formula is C18H18Br2S. The molecule has 0 fully saturated rings. The van der Waals surface area contributed by atoms with E-state index in [4.69, 9.17) is 0 Å². The monoisotopic (exact) mass is 424 g/mol. The lowest BCUT2D eigenvalue weighted by Crippen LogP contribution is -2.12. The topological polar surface area (TPSA) is 0 Å². The van der Waals surface area contributed by atoms with Gasteiger partial charge in [0.2, 0.25) is 0 Å². The van der Waals surface area contributed by atoms with Crippen LogP contribution >= 0.6 is 43.6 Å². The minimum absolute atomic E-state index is 0.681. The Kier molecular flexibility index (Phi) is 5.47. The second-order valence-corrected chi connectivity index (χ2v) is 8.16. The molecule has 110 valence electrons. The van der Waals surface area contributed by atoms with Gasteiger partial charge in [-0.05, 0) is 47.9 Å². The average molecular weight is 426 g/mol. The maximum absolute atomic E-state index is 3.72. The van der Waals surface area contributed by atoms with E-state index in [0.29, 0.717) is 11.8 Å². The summed E-state index contributed by atoms with van der Waals surface area (Å²) in [6, 6.07) is 17.5. The van der Waals surface area contributed by atoms with Gasteiger partial charge in [-0.3, -0.25) is 0 Å². The Labute approximate surface area is 148 Å². The smallest absolute Gasteiger partial charge is 0.0207 e. The van der Waals surface area contributed by atoms with Crippen LogP contribution in [0.5, 0.6) is 0 Å². The van der Waals surface area contributed by atoms with Gasteiger partial charge in [-0.2, -0.15) is 0 Å². The van der Waals surface area contributed by atoms with Crippen LogP contribution in [0.15, 0.2) is 57.9 Å². The first-order valence-corrected chi connectivity index (χ1v) is 10.2. The summed E-state index contributed by atoms with van der Waals surface area (Å²) in [4.78, 5) is 1.48. The van der Waals surface area contributed by atoms with Gasteiger partial charge >= 0.3 is 0 Å². The van der Waals surface area contributed by atoms with Crippen molar-refractivity contribution in [3.05, 3.63) is 64.1 Å². The number of hydrogen-bond donors (Lipinski definition) is 0. The van der Waals surface area contributed by atoms with Gasteiger partial charge in [0, 0.05) is 20.5 Å². The fourth-order valence-corrected chi connectivity index (χ4v) is 5.22. The minimum atomic E-state index is 0.681. The van der Waals surface area contributed by atoms with Crippen molar-refractivity contribution in [2.24, 2.45) is 5.92 Å². The fraction of sp³-hybridized carbons (Fsp3) is 0.333. The molecule has 0 spiro atoms. The van der Waals surface area contributed by atoms with Gasteiger partial charge in [0.05, 0.1) is 0 Å². The van der Waals surface area contributed by atoms with Crippen molar-refractivity contribution < 1.29 is 0 Å². The summed E-state index contributed by atoms with van der Waals surface area (Å²) >= 11 is 9.41. The zero-order valence-corrected chi connectivity index (χ0v) is 15.8. The number of benzene rings is 2. The van der Waals surface area contributed by atoms with E-state index in [-0.39, 0.29) is 0 Å². The maximum Gasteiger partial charge on any atom is 0.0207 e. The third-order valence-corrected chi connectivity index (χ3v) is 7.04. The molecule has 0 saturated carbocycles. The highest BCUT2D eigenvalue weighted by molar-refractivity contribution is 9.10. The van der Waals surface area contributed by atoms with Crippen molar-refractivity contribution in [2.75, 3.05) is 11.1 Å². The predicted octanol–water partition coefficient (Wildman–Crippen LogP) is 6.28. The standard InChI is InChI=1S/C18H18Br2S/c19-11-13(9-14-5-1-3-7-17(14)20)10-15-12-21-18-8-4-2-6-16(15)18/h1-8,13,15H,9-12H2. The summed E-state index contributed by atoms with van der Waals surface area (Å²) in [6.45, 7) is 0. The quantitative estimate of drug-likeness (QED) is 0.507. The second kappa shape index (κ2) is 7.34. The van der Waals surface area contributed by atoms with E-state index < -0.39 is 0 Å². The van der Waals surface area contributed by atoms with Gasteiger partial charge in [0.1, 0.15) is 0 Å². The largest absolute Gasteiger partial charge is 0.125 e. The molecule has 0 N–H and O–H groups in total. The molecule has 0 nitrogen and oxygen atoms in total. The lowest BCUT2D eigenvalue weighted by molar-refractivity contribution is 0.495. The molecule has 0 radical (unpaired) electrons. The number of hydrogen-bond acceptors (Lipinski definition) is 1. The van der Waals surface area contributed by atoms with E-state index in [0.717, 1.165) is 11.8 Å². The second-order valence-electron chi connectivity index (χ2n) is 5.60. The summed E-state index contributed by atoms with van der Waals surface area (Å²) in [5.41, 5.74) is 2.97. The minimum Gasteiger partial charge on any atom is -0.125 e. The van der Waals surface area contributed by atoms with E-state index in [9.17, 15) is 0 Å². The highest BCUT2D eigenvalue weighted by atomic mass is 79.9. The van der Waals surface area contributed by atoms with E-state index in [1.165, 1.54) is 27.1 Å². The maximum atomic E-state index is 3.72. The van der Waals surface area contributed by atoms with Crippen LogP contribution in [-0.4, -0.2) is 11.1 Å². The molecule has 0 aliphatic carbocycles. The third-order valence-electron chi connectivity index (χ3n) is 4.10. The molecule has 2 aromatic rings. The first-order valence-electron chi connectivity index (χ1n) is 7.29. The molecule has 1 aliphatic heterocycles. The van der Waals surface area contributed by atoms with Crippen LogP contribution < -0.4 is 0 Å². The van der Waals surface area contributed by atoms with E-state index in [2.05, 4.69) is 80.4 Å². The SMILES string of the molecule is BrCC(Cc1ccccc1Br)CC1CSc2ccccc21. The normalized spacial score (nSPS) is 18.5.